The smallest absolute Gasteiger partial charge is 0.545 e. The van der Waals surface area contributed by atoms with Crippen molar-refractivity contribution in [3.63, 3.8) is 0 Å². The van der Waals surface area contributed by atoms with E-state index in [-0.39, 0.29) is 255 Å². The van der Waals surface area contributed by atoms with Gasteiger partial charge in [-0.05, 0) is 80.9 Å². The second kappa shape index (κ2) is 29.7. The Morgan fingerprint density at radius 3 is 0.620 bits per heavy atom. The standard InChI is InChI=1S/C48H55O16S12.3Na/c49-11-1-44(2-12-50)67-31-23(29-30(66-21-65-29)26(41(59)60)36(31)72-44)22(24-32-37(73-45(68-32,3-13-51)4-14-52)27(42(61)62)38-33(24)69-46(74-38,5-15-53)6-16-54)25-34-39(75-47(70-34,7-17-55)8-18-56)28(43(63)64)40-35(25)71-48(76-40,9-19-57)10-20-58;;;/h49-58H,1-21H2,(H,59,60)(H,61,62)(H,63,64);;;/q;3*+1/p-3. The van der Waals surface area contributed by atoms with E-state index in [0.29, 0.717) is 66.9 Å². The number of fused-ring (bicyclic) bond motifs is 6. The van der Waals surface area contributed by atoms with Crippen LogP contribution in [0.2, 0.25) is 0 Å². The number of carbonyl (C=O) groups excluding carboxylic acids is 3. The molecular formula is C48H52Na3O16S12. The van der Waals surface area contributed by atoms with Crippen molar-refractivity contribution in [3.05, 3.63) is 39.3 Å². The number of carboxylic acids is 3. The van der Waals surface area contributed by atoms with E-state index in [1.54, 1.807) is 0 Å². The minimum Gasteiger partial charge on any atom is -0.545 e. The van der Waals surface area contributed by atoms with Gasteiger partial charge < -0.3 is 80.8 Å². The van der Waals surface area contributed by atoms with E-state index < -0.39 is 38.3 Å². The van der Waals surface area contributed by atoms with E-state index in [1.165, 1.54) is 141 Å². The second-order valence-electron chi connectivity index (χ2n) is 18.2. The molecule has 415 valence electrons. The molecular weight excluding hydrogens is 1290 g/mol. The zero-order valence-corrected chi connectivity index (χ0v) is 59.0. The van der Waals surface area contributed by atoms with Crippen LogP contribution in [0.15, 0.2) is 58.7 Å². The van der Waals surface area contributed by atoms with Crippen molar-refractivity contribution >= 4 is 159 Å². The summed E-state index contributed by atoms with van der Waals surface area (Å²) in [6, 6.07) is 0. The molecule has 0 aromatic heterocycles. The van der Waals surface area contributed by atoms with Crippen molar-refractivity contribution in [3.8, 4) is 0 Å². The maximum absolute atomic E-state index is 14.0. The molecule has 31 heteroatoms. The summed E-state index contributed by atoms with van der Waals surface area (Å²) in [5, 5.41) is 149. The van der Waals surface area contributed by atoms with Gasteiger partial charge in [0.2, 0.25) is 0 Å². The number of thioether (sulfide) groups is 12. The van der Waals surface area contributed by atoms with Gasteiger partial charge in [0.15, 0.2) is 0 Å². The number of carbonyl (C=O) groups is 3. The number of hydrogen-bond acceptors (Lipinski definition) is 28. The molecule has 9 rings (SSSR count). The summed E-state index contributed by atoms with van der Waals surface area (Å²) in [6.45, 7) is -3.50. The van der Waals surface area contributed by atoms with Crippen LogP contribution in [0, 0.1) is 5.92 Å². The van der Waals surface area contributed by atoms with Gasteiger partial charge in [0, 0.05) is 147 Å². The molecule has 0 saturated heterocycles. The number of hydrogen-bond donors (Lipinski definition) is 10. The molecule has 6 aliphatic heterocycles. The molecule has 1 radical (unpaired) electrons. The van der Waals surface area contributed by atoms with Gasteiger partial charge in [-0.1, -0.05) is 0 Å². The van der Waals surface area contributed by atoms with Gasteiger partial charge in [-0.3, -0.25) is 0 Å². The van der Waals surface area contributed by atoms with Crippen LogP contribution in [0.4, 0.5) is 0 Å². The zero-order valence-electron chi connectivity index (χ0n) is 43.2. The number of rotatable bonds is 26. The van der Waals surface area contributed by atoms with Gasteiger partial charge in [0.25, 0.3) is 0 Å². The van der Waals surface area contributed by atoms with Crippen molar-refractivity contribution in [2.75, 3.05) is 71.2 Å². The molecule has 10 N–H and O–H groups in total. The Morgan fingerprint density at radius 2 is 0.443 bits per heavy atom. The number of aliphatic hydroxyl groups is 10. The van der Waals surface area contributed by atoms with Crippen LogP contribution in [0.1, 0.15) is 112 Å². The van der Waals surface area contributed by atoms with Crippen LogP contribution >= 0.6 is 141 Å². The van der Waals surface area contributed by atoms with Crippen molar-refractivity contribution in [1.82, 2.24) is 0 Å². The van der Waals surface area contributed by atoms with Crippen molar-refractivity contribution in [2.45, 2.75) is 143 Å². The summed E-state index contributed by atoms with van der Waals surface area (Å²) < 4.78 is -5.34. The Morgan fingerprint density at radius 1 is 0.291 bits per heavy atom. The van der Waals surface area contributed by atoms with E-state index in [4.69, 9.17) is 0 Å². The maximum atomic E-state index is 14.0. The number of aliphatic hydroxyl groups excluding tert-OH is 10. The molecule has 0 bridgehead atoms. The molecule has 0 spiro atoms. The fourth-order valence-corrected chi connectivity index (χ4v) is 30.5. The summed E-state index contributed by atoms with van der Waals surface area (Å²) in [5.74, 6) is -4.11. The van der Waals surface area contributed by atoms with Crippen molar-refractivity contribution in [2.24, 2.45) is 0 Å². The van der Waals surface area contributed by atoms with E-state index >= 15 is 0 Å². The maximum Gasteiger partial charge on any atom is 1.00 e. The van der Waals surface area contributed by atoms with Crippen LogP contribution in [-0.2, 0) is 0 Å². The fourth-order valence-electron chi connectivity index (χ4n) is 10.3. The molecule has 0 unspecified atom stereocenters. The molecule has 6 aliphatic rings. The van der Waals surface area contributed by atoms with Gasteiger partial charge in [-0.2, -0.15) is 0 Å². The predicted molar refractivity (Wildman–Crippen MR) is 299 cm³/mol. The second-order valence-corrected chi connectivity index (χ2v) is 35.7. The molecule has 0 aliphatic carbocycles. The number of carboxylic acid groups (broad SMARTS) is 3. The van der Waals surface area contributed by atoms with Crippen LogP contribution < -0.4 is 104 Å². The van der Waals surface area contributed by atoms with Crippen molar-refractivity contribution < 1.29 is 169 Å². The van der Waals surface area contributed by atoms with Crippen LogP contribution in [0.25, 0.3) is 0 Å². The van der Waals surface area contributed by atoms with Gasteiger partial charge in [-0.25, -0.2) is 0 Å². The zero-order chi connectivity index (χ0) is 54.5. The third-order valence-electron chi connectivity index (χ3n) is 13.5. The van der Waals surface area contributed by atoms with Gasteiger partial charge in [0.05, 0.1) is 44.2 Å². The Balaban J connectivity index is 0.00000336. The Kier molecular flexibility index (Phi) is 26.6. The molecule has 0 amide bonds. The summed E-state index contributed by atoms with van der Waals surface area (Å²) in [6.07, 6.45) is 0.847. The summed E-state index contributed by atoms with van der Waals surface area (Å²) >= 11 is 14.8. The Bertz CT molecular complexity index is 2550. The van der Waals surface area contributed by atoms with E-state index in [2.05, 4.69) is 0 Å². The molecule has 16 nitrogen and oxygen atoms in total. The quantitative estimate of drug-likeness (QED) is 0.0267. The largest absolute Gasteiger partial charge is 1.00 e. The predicted octanol–water partition coefficient (Wildman–Crippen LogP) is -4.74. The SMILES string of the molecule is O=C([O-])c1c2c(c([C](c3c4c(c(C(=O)[O-])c5c3SC(CCO)(CCO)S5)SC(CCO)(CCO)S4)c3c4c(c(C(=O)[O-])c5c3SC(CCO)(CCO)S5)SC(CCO)(CCO)S4)c3c1SC(CCO)(CCO)S3)SCS2.[Na+].[Na+].[Na+]. The van der Waals surface area contributed by atoms with E-state index in [9.17, 15) is 80.8 Å². The molecule has 0 fully saturated rings. The normalized spacial score (nSPS) is 18.7. The van der Waals surface area contributed by atoms with E-state index in [1.807, 2.05) is 0 Å². The minimum absolute atomic E-state index is 0. The summed E-state index contributed by atoms with van der Waals surface area (Å²) in [4.78, 5) is 45.8. The molecule has 3 aromatic rings. The van der Waals surface area contributed by atoms with Crippen molar-refractivity contribution in [1.29, 1.82) is 0 Å². The van der Waals surface area contributed by atoms with Gasteiger partial charge in [0.1, 0.15) is 0 Å². The first kappa shape index (κ1) is 71.0. The van der Waals surface area contributed by atoms with Crippen LogP contribution in [0.5, 0.6) is 0 Å². The molecule has 0 saturated carbocycles. The number of aromatic carboxylic acids is 3. The van der Waals surface area contributed by atoms with Gasteiger partial charge in [-0.15, -0.1) is 141 Å². The first-order chi connectivity index (χ1) is 36.5. The first-order valence-corrected chi connectivity index (χ1v) is 34.1. The Labute approximate surface area is 574 Å². The minimum atomic E-state index is -1.53. The Hall–Kier alpha value is 2.87. The third kappa shape index (κ3) is 13.2. The monoisotopic (exact) mass is 1340 g/mol. The third-order valence-corrected chi connectivity index (χ3v) is 33.1. The van der Waals surface area contributed by atoms with Crippen LogP contribution in [-0.4, -0.2) is 161 Å². The molecule has 6 heterocycles. The molecule has 0 atom stereocenters. The van der Waals surface area contributed by atoms with E-state index in [0.717, 1.165) is 0 Å². The first-order valence-electron chi connectivity index (χ1n) is 24.0. The van der Waals surface area contributed by atoms with Gasteiger partial charge >= 0.3 is 88.7 Å². The fraction of sp³-hybridized carbons (Fsp3) is 0.542. The topological polar surface area (TPSA) is 323 Å². The average Bonchev–Trinajstić information content (AvgIpc) is 4.22. The summed E-state index contributed by atoms with van der Waals surface area (Å²) in [7, 11) is 0. The average molecular weight is 1340 g/mol. The number of benzene rings is 3. The molecule has 79 heavy (non-hydrogen) atoms. The summed E-state index contributed by atoms with van der Waals surface area (Å²) in [5.41, 5.74) is 0.916. The van der Waals surface area contributed by atoms with Crippen LogP contribution in [0.3, 0.4) is 0 Å². The molecule has 3 aromatic carbocycles.